The quantitative estimate of drug-likeness (QED) is 0.314. The van der Waals surface area contributed by atoms with E-state index in [1.807, 2.05) is 75.4 Å². The number of benzene rings is 3. The molecule has 0 radical (unpaired) electrons. The van der Waals surface area contributed by atoms with Crippen molar-refractivity contribution in [1.29, 1.82) is 0 Å². The van der Waals surface area contributed by atoms with Gasteiger partial charge in [-0.15, -0.1) is 0 Å². The summed E-state index contributed by atoms with van der Waals surface area (Å²) in [6.07, 6.45) is 2.06. The van der Waals surface area contributed by atoms with Crippen molar-refractivity contribution in [2.45, 2.75) is 59.2 Å². The summed E-state index contributed by atoms with van der Waals surface area (Å²) in [6, 6.07) is 21.2. The molecule has 2 amide bonds. The fourth-order valence-electron chi connectivity index (χ4n) is 4.46. The SMILES string of the molecule is CC[C@@H](C)NC(=O)[C@@H](Cc1ccccc1)N(Cc1cccc(C)c1)C(=O)CN(c1cccc(Cl)c1C)S(C)(=O)=O. The van der Waals surface area contributed by atoms with Crippen molar-refractivity contribution in [3.05, 3.63) is 100 Å². The van der Waals surface area contributed by atoms with Gasteiger partial charge in [0.15, 0.2) is 0 Å². The fraction of sp³-hybridized carbons (Fsp3) is 0.355. The summed E-state index contributed by atoms with van der Waals surface area (Å²) in [5.41, 5.74) is 3.61. The first-order valence-corrected chi connectivity index (χ1v) is 15.6. The van der Waals surface area contributed by atoms with E-state index in [1.165, 1.54) is 4.90 Å². The van der Waals surface area contributed by atoms with Crippen molar-refractivity contribution < 1.29 is 18.0 Å². The molecule has 0 aliphatic carbocycles. The number of rotatable bonds is 12. The number of hydrogen-bond acceptors (Lipinski definition) is 4. The van der Waals surface area contributed by atoms with E-state index in [0.29, 0.717) is 16.3 Å². The van der Waals surface area contributed by atoms with Crippen molar-refractivity contribution in [3.63, 3.8) is 0 Å². The van der Waals surface area contributed by atoms with Gasteiger partial charge in [-0.2, -0.15) is 0 Å². The summed E-state index contributed by atoms with van der Waals surface area (Å²) in [5.74, 6) is -0.782. The molecule has 0 aromatic heterocycles. The number of sulfonamides is 1. The number of carbonyl (C=O) groups excluding carboxylic acids is 2. The molecule has 0 unspecified atom stereocenters. The van der Waals surface area contributed by atoms with E-state index < -0.39 is 28.5 Å². The number of carbonyl (C=O) groups is 2. The van der Waals surface area contributed by atoms with E-state index in [-0.39, 0.29) is 24.9 Å². The van der Waals surface area contributed by atoms with Crippen LogP contribution in [0.15, 0.2) is 72.8 Å². The third-order valence-corrected chi connectivity index (χ3v) is 8.43. The molecule has 0 spiro atoms. The third kappa shape index (κ3) is 8.32. The summed E-state index contributed by atoms with van der Waals surface area (Å²) in [5, 5.41) is 3.43. The van der Waals surface area contributed by atoms with Crippen LogP contribution in [0.4, 0.5) is 5.69 Å². The van der Waals surface area contributed by atoms with Crippen molar-refractivity contribution in [3.8, 4) is 0 Å². The van der Waals surface area contributed by atoms with Crippen LogP contribution < -0.4 is 9.62 Å². The second kappa shape index (κ2) is 13.8. The molecular formula is C31H38ClN3O4S. The number of amides is 2. The van der Waals surface area contributed by atoms with Gasteiger partial charge in [0.25, 0.3) is 0 Å². The summed E-state index contributed by atoms with van der Waals surface area (Å²) >= 11 is 6.30. The van der Waals surface area contributed by atoms with Crippen LogP contribution in [0.2, 0.25) is 5.02 Å². The molecule has 0 heterocycles. The highest BCUT2D eigenvalue weighted by Crippen LogP contribution is 2.28. The average molecular weight is 584 g/mol. The normalized spacial score (nSPS) is 12.8. The maximum absolute atomic E-state index is 14.2. The molecule has 7 nitrogen and oxygen atoms in total. The Bertz CT molecular complexity index is 1430. The summed E-state index contributed by atoms with van der Waals surface area (Å²) < 4.78 is 27.0. The number of halogens is 1. The lowest BCUT2D eigenvalue weighted by Gasteiger charge is -2.34. The lowest BCUT2D eigenvalue weighted by Crippen LogP contribution is -2.54. The Labute approximate surface area is 243 Å². The van der Waals surface area contributed by atoms with E-state index >= 15 is 0 Å². The molecule has 0 aliphatic heterocycles. The molecular weight excluding hydrogens is 546 g/mol. The van der Waals surface area contributed by atoms with Gasteiger partial charge in [0.05, 0.1) is 11.9 Å². The van der Waals surface area contributed by atoms with Crippen LogP contribution in [0, 0.1) is 13.8 Å². The Morgan fingerprint density at radius 1 is 0.950 bits per heavy atom. The van der Waals surface area contributed by atoms with Crippen LogP contribution in [0.25, 0.3) is 0 Å². The maximum atomic E-state index is 14.2. The lowest BCUT2D eigenvalue weighted by atomic mass is 10.0. The highest BCUT2D eigenvalue weighted by atomic mass is 35.5. The molecule has 3 aromatic rings. The van der Waals surface area contributed by atoms with E-state index in [0.717, 1.165) is 33.7 Å². The Kier molecular flexibility index (Phi) is 10.8. The predicted molar refractivity (Wildman–Crippen MR) is 162 cm³/mol. The van der Waals surface area contributed by atoms with Crippen LogP contribution in [0.3, 0.4) is 0 Å². The van der Waals surface area contributed by atoms with Crippen LogP contribution >= 0.6 is 11.6 Å². The number of nitrogens with one attached hydrogen (secondary N) is 1. The van der Waals surface area contributed by atoms with Crippen molar-refractivity contribution in [2.75, 3.05) is 17.1 Å². The minimum absolute atomic E-state index is 0.0941. The number of aryl methyl sites for hydroxylation is 1. The molecule has 0 fully saturated rings. The zero-order valence-corrected chi connectivity index (χ0v) is 25.3. The molecule has 0 saturated heterocycles. The molecule has 0 aliphatic rings. The summed E-state index contributed by atoms with van der Waals surface area (Å²) in [6.45, 7) is 7.22. The highest BCUT2D eigenvalue weighted by Gasteiger charge is 2.33. The second-order valence-corrected chi connectivity index (χ2v) is 12.5. The van der Waals surface area contributed by atoms with Gasteiger partial charge in [-0.1, -0.05) is 84.8 Å². The van der Waals surface area contributed by atoms with Gasteiger partial charge in [-0.3, -0.25) is 13.9 Å². The zero-order chi connectivity index (χ0) is 29.4. The average Bonchev–Trinajstić information content (AvgIpc) is 2.90. The molecule has 0 bridgehead atoms. The minimum atomic E-state index is -3.87. The first-order valence-electron chi connectivity index (χ1n) is 13.3. The largest absolute Gasteiger partial charge is 0.352 e. The molecule has 2 atom stereocenters. The van der Waals surface area contributed by atoms with E-state index in [2.05, 4.69) is 5.32 Å². The van der Waals surface area contributed by atoms with Crippen molar-refractivity contribution in [2.24, 2.45) is 0 Å². The predicted octanol–water partition coefficient (Wildman–Crippen LogP) is 5.28. The second-order valence-electron chi connectivity index (χ2n) is 10.2. The number of anilines is 1. The van der Waals surface area contributed by atoms with Gasteiger partial charge in [0.1, 0.15) is 12.6 Å². The van der Waals surface area contributed by atoms with Crippen LogP contribution in [-0.2, 0) is 32.6 Å². The van der Waals surface area contributed by atoms with E-state index in [4.69, 9.17) is 11.6 Å². The molecule has 0 saturated carbocycles. The van der Waals surface area contributed by atoms with Crippen molar-refractivity contribution in [1.82, 2.24) is 10.2 Å². The van der Waals surface area contributed by atoms with E-state index in [1.54, 1.807) is 25.1 Å². The number of nitrogens with zero attached hydrogens (tertiary/aromatic N) is 2. The monoisotopic (exact) mass is 583 g/mol. The molecule has 3 aromatic carbocycles. The van der Waals surface area contributed by atoms with Gasteiger partial charge in [-0.05, 0) is 56.0 Å². The van der Waals surface area contributed by atoms with Gasteiger partial charge >= 0.3 is 0 Å². The smallest absolute Gasteiger partial charge is 0.244 e. The molecule has 214 valence electrons. The van der Waals surface area contributed by atoms with Gasteiger partial charge in [-0.25, -0.2) is 8.42 Å². The van der Waals surface area contributed by atoms with Crippen molar-refractivity contribution >= 4 is 39.1 Å². The maximum Gasteiger partial charge on any atom is 0.244 e. The zero-order valence-electron chi connectivity index (χ0n) is 23.7. The molecule has 9 heteroatoms. The van der Waals surface area contributed by atoms with Crippen LogP contribution in [-0.4, -0.2) is 50.0 Å². The van der Waals surface area contributed by atoms with Gasteiger partial charge < -0.3 is 10.2 Å². The van der Waals surface area contributed by atoms with Gasteiger partial charge in [0, 0.05) is 24.0 Å². The first-order chi connectivity index (χ1) is 18.9. The Hall–Kier alpha value is -3.36. The lowest BCUT2D eigenvalue weighted by molar-refractivity contribution is -0.140. The van der Waals surface area contributed by atoms with Crippen LogP contribution in [0.5, 0.6) is 0 Å². The topological polar surface area (TPSA) is 86.8 Å². The molecule has 40 heavy (non-hydrogen) atoms. The Balaban J connectivity index is 2.09. The minimum Gasteiger partial charge on any atom is -0.352 e. The first kappa shape index (κ1) is 31.2. The molecule has 3 rings (SSSR count). The summed E-state index contributed by atoms with van der Waals surface area (Å²) in [7, 11) is -3.87. The fourth-order valence-corrected chi connectivity index (χ4v) is 5.53. The van der Waals surface area contributed by atoms with E-state index in [9.17, 15) is 18.0 Å². The standard InChI is InChI=1S/C31H38ClN3O4S/c1-6-23(3)33-31(37)29(19-25-13-8-7-9-14-25)34(20-26-15-10-12-22(2)18-26)30(36)21-35(40(5,38)39)28-17-11-16-27(32)24(28)4/h7-18,23,29H,6,19-21H2,1-5H3,(H,33,37)/t23-,29-/m1/s1. The Morgan fingerprint density at radius 3 is 2.23 bits per heavy atom. The number of hydrogen-bond donors (Lipinski definition) is 1. The molecule has 1 N–H and O–H groups in total. The van der Waals surface area contributed by atoms with Gasteiger partial charge in [0.2, 0.25) is 21.8 Å². The Morgan fingerprint density at radius 2 is 1.60 bits per heavy atom. The summed E-state index contributed by atoms with van der Waals surface area (Å²) in [4.78, 5) is 29.4. The third-order valence-electron chi connectivity index (χ3n) is 6.89. The highest BCUT2D eigenvalue weighted by molar-refractivity contribution is 7.92. The van der Waals surface area contributed by atoms with Crippen LogP contribution in [0.1, 0.15) is 42.5 Å².